The van der Waals surface area contributed by atoms with Gasteiger partial charge in [-0.25, -0.2) is 4.79 Å². The summed E-state index contributed by atoms with van der Waals surface area (Å²) >= 11 is 0. The number of nitro benzene ring substituents is 1. The number of non-ortho nitro benzene ring substituents is 1. The van der Waals surface area contributed by atoms with Crippen LogP contribution >= 0.6 is 0 Å². The summed E-state index contributed by atoms with van der Waals surface area (Å²) in [4.78, 5) is 22.9. The van der Waals surface area contributed by atoms with Gasteiger partial charge in [0.25, 0.3) is 5.69 Å². The van der Waals surface area contributed by atoms with Crippen molar-refractivity contribution in [3.05, 3.63) is 88.5 Å². The molecule has 0 saturated carbocycles. The van der Waals surface area contributed by atoms with Gasteiger partial charge in [0.15, 0.2) is 0 Å². The zero-order valence-corrected chi connectivity index (χ0v) is 17.5. The molecule has 0 amide bonds. The van der Waals surface area contributed by atoms with Crippen LogP contribution in [-0.2, 0) is 20.8 Å². The van der Waals surface area contributed by atoms with E-state index in [4.69, 9.17) is 14.2 Å². The molecule has 4 atom stereocenters. The lowest BCUT2D eigenvalue weighted by Gasteiger charge is -2.22. The van der Waals surface area contributed by atoms with Crippen molar-refractivity contribution in [2.75, 3.05) is 0 Å². The average molecular weight is 425 g/mol. The molecule has 7 nitrogen and oxygen atoms in total. The average Bonchev–Trinajstić information content (AvgIpc) is 3.17. The molecule has 2 aromatic carbocycles. The highest BCUT2D eigenvalue weighted by Gasteiger charge is 2.40. The van der Waals surface area contributed by atoms with Crippen LogP contribution in [-0.4, -0.2) is 35.3 Å². The zero-order valence-electron chi connectivity index (χ0n) is 17.5. The summed E-state index contributed by atoms with van der Waals surface area (Å²) in [6, 6.07) is 15.3. The summed E-state index contributed by atoms with van der Waals surface area (Å²) in [6.07, 6.45) is 2.49. The minimum absolute atomic E-state index is 0.0771. The molecule has 1 heterocycles. The fourth-order valence-corrected chi connectivity index (χ4v) is 3.67. The van der Waals surface area contributed by atoms with E-state index in [-0.39, 0.29) is 29.6 Å². The molecule has 0 aromatic heterocycles. The molecule has 3 rings (SSSR count). The van der Waals surface area contributed by atoms with Gasteiger partial charge in [0, 0.05) is 18.6 Å². The number of rotatable bonds is 10. The Morgan fingerprint density at radius 1 is 1.26 bits per heavy atom. The second kappa shape index (κ2) is 10.8. The van der Waals surface area contributed by atoms with E-state index in [1.54, 1.807) is 6.08 Å². The van der Waals surface area contributed by atoms with Crippen molar-refractivity contribution in [1.29, 1.82) is 0 Å². The lowest BCUT2D eigenvalue weighted by Crippen LogP contribution is -2.28. The Bertz CT molecular complexity index is 883. The van der Waals surface area contributed by atoms with E-state index in [1.807, 2.05) is 37.3 Å². The predicted molar refractivity (Wildman–Crippen MR) is 116 cm³/mol. The first-order chi connectivity index (χ1) is 15.0. The lowest BCUT2D eigenvalue weighted by molar-refractivity contribution is -0.384. The van der Waals surface area contributed by atoms with E-state index in [2.05, 4.69) is 6.58 Å². The molecule has 7 heteroatoms. The molecule has 0 bridgehead atoms. The van der Waals surface area contributed by atoms with Gasteiger partial charge in [-0.05, 0) is 30.5 Å². The number of nitro groups is 1. The first-order valence-electron chi connectivity index (χ1n) is 10.4. The number of benzene rings is 2. The highest BCUT2D eigenvalue weighted by molar-refractivity contribution is 5.89. The third-order valence-electron chi connectivity index (χ3n) is 5.32. The maximum absolute atomic E-state index is 12.6. The van der Waals surface area contributed by atoms with Crippen LogP contribution in [0.4, 0.5) is 5.69 Å². The molecule has 1 aliphatic heterocycles. The SMILES string of the molecule is C=CC[C@@H]1O[C@@H]([C@@H](CC)OCc2ccccc2)C[C@@H]1OC(=O)c1ccc([N+](=O)[O-])cc1. The summed E-state index contributed by atoms with van der Waals surface area (Å²) < 4.78 is 18.0. The number of nitrogens with zero attached hydrogens (tertiary/aromatic N) is 1. The van der Waals surface area contributed by atoms with Crippen LogP contribution < -0.4 is 0 Å². The molecular weight excluding hydrogens is 398 g/mol. The molecule has 0 spiro atoms. The molecule has 0 N–H and O–H groups in total. The van der Waals surface area contributed by atoms with Crippen molar-refractivity contribution < 1.29 is 23.9 Å². The standard InChI is InChI=1S/C24H27NO6/c1-3-8-21-23(31-24(26)18-11-13-19(14-12-18)25(27)28)15-22(30-21)20(4-2)29-16-17-9-6-5-7-10-17/h3,5-7,9-14,20-23H,1,4,8,15-16H2,2H3/t20-,21+,22-,23+/m1/s1. The molecule has 0 aliphatic carbocycles. The van der Waals surface area contributed by atoms with Crippen LogP contribution in [0.1, 0.15) is 42.1 Å². The molecular formula is C24H27NO6. The zero-order chi connectivity index (χ0) is 22.2. The number of hydrogen-bond acceptors (Lipinski definition) is 6. The first kappa shape index (κ1) is 22.7. The number of carbonyl (C=O) groups excluding carboxylic acids is 1. The summed E-state index contributed by atoms with van der Waals surface area (Å²) in [5.74, 6) is -0.531. The number of carbonyl (C=O) groups is 1. The van der Waals surface area contributed by atoms with E-state index < -0.39 is 17.0 Å². The van der Waals surface area contributed by atoms with Crippen molar-refractivity contribution in [1.82, 2.24) is 0 Å². The third-order valence-corrected chi connectivity index (χ3v) is 5.32. The van der Waals surface area contributed by atoms with Crippen LogP contribution in [0.15, 0.2) is 67.3 Å². The quantitative estimate of drug-likeness (QED) is 0.234. The summed E-state index contributed by atoms with van der Waals surface area (Å²) in [6.45, 7) is 6.30. The molecule has 1 saturated heterocycles. The summed E-state index contributed by atoms with van der Waals surface area (Å²) in [7, 11) is 0. The Balaban J connectivity index is 1.63. The Morgan fingerprint density at radius 2 is 1.97 bits per heavy atom. The highest BCUT2D eigenvalue weighted by atomic mass is 16.6. The molecule has 1 aliphatic rings. The largest absolute Gasteiger partial charge is 0.456 e. The second-order valence-electron chi connectivity index (χ2n) is 7.46. The Kier molecular flexibility index (Phi) is 7.92. The minimum atomic E-state index is -0.531. The van der Waals surface area contributed by atoms with Crippen molar-refractivity contribution in [3.8, 4) is 0 Å². The first-order valence-corrected chi connectivity index (χ1v) is 10.4. The molecule has 31 heavy (non-hydrogen) atoms. The second-order valence-corrected chi connectivity index (χ2v) is 7.46. The number of esters is 1. The third kappa shape index (κ3) is 5.99. The predicted octanol–water partition coefficient (Wildman–Crippen LogP) is 4.85. The summed E-state index contributed by atoms with van der Waals surface area (Å²) in [5.41, 5.74) is 1.27. The normalized spacial score (nSPS) is 21.4. The molecule has 0 radical (unpaired) electrons. The smallest absolute Gasteiger partial charge is 0.338 e. The van der Waals surface area contributed by atoms with Crippen molar-refractivity contribution in [2.24, 2.45) is 0 Å². The highest BCUT2D eigenvalue weighted by Crippen LogP contribution is 2.31. The van der Waals surface area contributed by atoms with Crippen LogP contribution in [0.3, 0.4) is 0 Å². The van der Waals surface area contributed by atoms with E-state index >= 15 is 0 Å². The van der Waals surface area contributed by atoms with E-state index in [1.165, 1.54) is 24.3 Å². The van der Waals surface area contributed by atoms with Crippen LogP contribution in [0.5, 0.6) is 0 Å². The van der Waals surface area contributed by atoms with Crippen LogP contribution in [0.2, 0.25) is 0 Å². The Morgan fingerprint density at radius 3 is 2.58 bits per heavy atom. The fraction of sp³-hybridized carbons (Fsp3) is 0.375. The van der Waals surface area contributed by atoms with E-state index in [0.29, 0.717) is 19.4 Å². The molecule has 1 fully saturated rings. The van der Waals surface area contributed by atoms with Gasteiger partial charge in [-0.3, -0.25) is 10.1 Å². The monoisotopic (exact) mass is 425 g/mol. The minimum Gasteiger partial charge on any atom is -0.456 e. The summed E-state index contributed by atoms with van der Waals surface area (Å²) in [5, 5.41) is 10.8. The Labute approximate surface area is 181 Å². The fourth-order valence-electron chi connectivity index (χ4n) is 3.67. The molecule has 2 aromatic rings. The van der Waals surface area contributed by atoms with Gasteiger partial charge in [0.05, 0.1) is 35.4 Å². The van der Waals surface area contributed by atoms with Gasteiger partial charge in [-0.1, -0.05) is 43.3 Å². The van der Waals surface area contributed by atoms with Gasteiger partial charge in [-0.2, -0.15) is 0 Å². The van der Waals surface area contributed by atoms with Gasteiger partial charge in [-0.15, -0.1) is 6.58 Å². The van der Waals surface area contributed by atoms with Gasteiger partial charge in [0.1, 0.15) is 6.10 Å². The molecule has 0 unspecified atom stereocenters. The van der Waals surface area contributed by atoms with E-state index in [9.17, 15) is 14.9 Å². The number of ether oxygens (including phenoxy) is 3. The van der Waals surface area contributed by atoms with Crippen molar-refractivity contribution in [2.45, 2.75) is 57.2 Å². The molecule has 164 valence electrons. The maximum Gasteiger partial charge on any atom is 0.338 e. The maximum atomic E-state index is 12.6. The Hall–Kier alpha value is -3.03. The topological polar surface area (TPSA) is 87.9 Å². The van der Waals surface area contributed by atoms with Crippen molar-refractivity contribution >= 4 is 11.7 Å². The number of hydrogen-bond donors (Lipinski definition) is 0. The lowest BCUT2D eigenvalue weighted by atomic mass is 10.0. The van der Waals surface area contributed by atoms with Crippen LogP contribution in [0, 0.1) is 10.1 Å². The van der Waals surface area contributed by atoms with Crippen molar-refractivity contribution in [3.63, 3.8) is 0 Å². The van der Waals surface area contributed by atoms with Gasteiger partial charge in [0.2, 0.25) is 0 Å². The van der Waals surface area contributed by atoms with Crippen LogP contribution in [0.25, 0.3) is 0 Å². The van der Waals surface area contributed by atoms with E-state index in [0.717, 1.165) is 12.0 Å². The van der Waals surface area contributed by atoms with Gasteiger partial charge >= 0.3 is 5.97 Å². The van der Waals surface area contributed by atoms with Gasteiger partial charge < -0.3 is 14.2 Å².